The summed E-state index contributed by atoms with van der Waals surface area (Å²) in [7, 11) is 0. The predicted octanol–water partition coefficient (Wildman–Crippen LogP) is 6.55. The van der Waals surface area contributed by atoms with Crippen LogP contribution in [0.25, 0.3) is 11.1 Å². The third kappa shape index (κ3) is 6.04. The van der Waals surface area contributed by atoms with Crippen LogP contribution in [-0.2, 0) is 11.2 Å². The molecule has 2 aromatic carbocycles. The molecule has 0 radical (unpaired) electrons. The fraction of sp³-hybridized carbons (Fsp3) is 0.280. The van der Waals surface area contributed by atoms with E-state index >= 15 is 0 Å². The van der Waals surface area contributed by atoms with Crippen LogP contribution in [-0.4, -0.2) is 24.2 Å². The number of carbonyl (C=O) groups excluding carboxylic acids is 1. The molecule has 0 aliphatic heterocycles. The number of benzene rings is 2. The van der Waals surface area contributed by atoms with Gasteiger partial charge in [-0.2, -0.15) is 8.78 Å². The van der Waals surface area contributed by atoms with E-state index in [9.17, 15) is 13.6 Å². The molecule has 4 nitrogen and oxygen atoms in total. The van der Waals surface area contributed by atoms with Gasteiger partial charge < -0.3 is 9.47 Å². The summed E-state index contributed by atoms with van der Waals surface area (Å²) < 4.78 is 35.6. The second kappa shape index (κ2) is 10.1. The number of halogens is 3. The van der Waals surface area contributed by atoms with Crippen molar-refractivity contribution in [3.63, 3.8) is 0 Å². The van der Waals surface area contributed by atoms with Crippen molar-refractivity contribution in [2.24, 2.45) is 5.92 Å². The molecule has 32 heavy (non-hydrogen) atoms. The molecule has 0 bridgehead atoms. The summed E-state index contributed by atoms with van der Waals surface area (Å²) in [4.78, 5) is 16.3. The highest BCUT2D eigenvalue weighted by Gasteiger charge is 2.21. The Morgan fingerprint density at radius 1 is 1.09 bits per heavy atom. The maximum absolute atomic E-state index is 12.8. The van der Waals surface area contributed by atoms with Gasteiger partial charge in [0, 0.05) is 16.8 Å². The van der Waals surface area contributed by atoms with Crippen LogP contribution in [0.15, 0.2) is 60.8 Å². The Balaban J connectivity index is 1.48. The lowest BCUT2D eigenvalue weighted by Crippen LogP contribution is -2.07. The second-order valence-electron chi connectivity index (χ2n) is 7.83. The fourth-order valence-electron chi connectivity index (χ4n) is 3.44. The fourth-order valence-corrected chi connectivity index (χ4v) is 3.63. The first-order valence-corrected chi connectivity index (χ1v) is 10.8. The van der Waals surface area contributed by atoms with Gasteiger partial charge in [-0.25, -0.2) is 9.78 Å². The summed E-state index contributed by atoms with van der Waals surface area (Å²) in [6, 6.07) is 15.8. The highest BCUT2D eigenvalue weighted by atomic mass is 35.5. The monoisotopic (exact) mass is 457 g/mol. The number of nitrogens with zero attached hydrogens (tertiary/aromatic N) is 1. The van der Waals surface area contributed by atoms with Gasteiger partial charge in [-0.15, -0.1) is 0 Å². The largest absolute Gasteiger partial charge is 0.462 e. The first-order valence-electron chi connectivity index (χ1n) is 10.4. The van der Waals surface area contributed by atoms with Crippen molar-refractivity contribution in [3.05, 3.63) is 82.5 Å². The van der Waals surface area contributed by atoms with E-state index in [1.54, 1.807) is 42.5 Å². The van der Waals surface area contributed by atoms with Gasteiger partial charge in [-0.1, -0.05) is 48.7 Å². The summed E-state index contributed by atoms with van der Waals surface area (Å²) in [5.41, 5.74) is 3.32. The third-order valence-electron chi connectivity index (χ3n) is 5.30. The molecule has 1 aliphatic rings. The van der Waals surface area contributed by atoms with E-state index in [1.165, 1.54) is 19.0 Å². The zero-order valence-corrected chi connectivity index (χ0v) is 18.0. The van der Waals surface area contributed by atoms with Crippen LogP contribution < -0.4 is 4.74 Å². The minimum Gasteiger partial charge on any atom is -0.462 e. The Morgan fingerprint density at radius 2 is 1.88 bits per heavy atom. The first kappa shape index (κ1) is 22.2. The molecule has 1 aromatic heterocycles. The number of rotatable bonds is 9. The Morgan fingerprint density at radius 3 is 2.56 bits per heavy atom. The highest BCUT2D eigenvalue weighted by molar-refractivity contribution is 6.30. The smallest absolute Gasteiger partial charge is 0.388 e. The minimum absolute atomic E-state index is 0.157. The average Bonchev–Trinajstić information content (AvgIpc) is 3.59. The molecule has 1 aliphatic carbocycles. The SMILES string of the molecule is O=C(OCCC1CC1)c1ccc(Cc2cnc(OC(F)F)c(-c3cccc(Cl)c3)c2)cc1. The first-order chi connectivity index (χ1) is 15.5. The van der Waals surface area contributed by atoms with Gasteiger partial charge in [-0.05, 0) is 65.8 Å². The summed E-state index contributed by atoms with van der Waals surface area (Å²) in [6.07, 6.45) is 5.40. The summed E-state index contributed by atoms with van der Waals surface area (Å²) in [6.45, 7) is -2.53. The molecule has 0 spiro atoms. The van der Waals surface area contributed by atoms with Crippen molar-refractivity contribution in [3.8, 4) is 17.0 Å². The lowest BCUT2D eigenvalue weighted by molar-refractivity contribution is -0.0524. The Hall–Kier alpha value is -2.99. The number of hydrogen-bond acceptors (Lipinski definition) is 4. The van der Waals surface area contributed by atoms with Gasteiger partial charge in [0.25, 0.3) is 0 Å². The highest BCUT2D eigenvalue weighted by Crippen LogP contribution is 2.33. The van der Waals surface area contributed by atoms with E-state index in [0.29, 0.717) is 40.7 Å². The van der Waals surface area contributed by atoms with E-state index in [1.807, 2.05) is 12.1 Å². The zero-order chi connectivity index (χ0) is 22.5. The van der Waals surface area contributed by atoms with Gasteiger partial charge >= 0.3 is 12.6 Å². The summed E-state index contributed by atoms with van der Waals surface area (Å²) >= 11 is 6.07. The lowest BCUT2D eigenvalue weighted by atomic mass is 10.0. The minimum atomic E-state index is -2.98. The molecule has 7 heteroatoms. The van der Waals surface area contributed by atoms with Crippen molar-refractivity contribution in [2.45, 2.75) is 32.3 Å². The molecule has 0 amide bonds. The molecule has 1 saturated carbocycles. The van der Waals surface area contributed by atoms with Gasteiger partial charge in [0.05, 0.1) is 12.2 Å². The number of ether oxygens (including phenoxy) is 2. The second-order valence-corrected chi connectivity index (χ2v) is 8.26. The Labute approximate surface area is 190 Å². The molecule has 0 atom stereocenters. The van der Waals surface area contributed by atoms with E-state index in [-0.39, 0.29) is 11.8 Å². The standard InChI is InChI=1S/C25H22ClF2NO3/c26-21-3-1-2-20(14-21)22-13-18(15-29-23(22)32-25(27)28)12-17-6-8-19(9-7-17)24(30)31-11-10-16-4-5-16/h1-3,6-9,13-16,25H,4-5,10-12H2. The van der Waals surface area contributed by atoms with Crippen molar-refractivity contribution in [2.75, 3.05) is 6.61 Å². The normalized spacial score (nSPS) is 13.2. The van der Waals surface area contributed by atoms with Gasteiger partial charge in [0.15, 0.2) is 0 Å². The molecular weight excluding hydrogens is 436 g/mol. The average molecular weight is 458 g/mol. The van der Waals surface area contributed by atoms with Gasteiger partial charge in [0.1, 0.15) is 0 Å². The number of aromatic nitrogens is 1. The van der Waals surface area contributed by atoms with Crippen molar-refractivity contribution in [1.82, 2.24) is 4.98 Å². The molecule has 0 unspecified atom stereocenters. The Bertz CT molecular complexity index is 1080. The van der Waals surface area contributed by atoms with Gasteiger partial charge in [0.2, 0.25) is 5.88 Å². The number of hydrogen-bond donors (Lipinski definition) is 0. The third-order valence-corrected chi connectivity index (χ3v) is 5.53. The van der Waals surface area contributed by atoms with Crippen LogP contribution in [0.1, 0.15) is 40.7 Å². The van der Waals surface area contributed by atoms with E-state index in [0.717, 1.165) is 17.5 Å². The lowest BCUT2D eigenvalue weighted by Gasteiger charge is -2.12. The molecule has 4 rings (SSSR count). The van der Waals surface area contributed by atoms with Crippen molar-refractivity contribution < 1.29 is 23.0 Å². The van der Waals surface area contributed by atoms with Crippen LogP contribution in [0.2, 0.25) is 5.02 Å². The van der Waals surface area contributed by atoms with Crippen molar-refractivity contribution >= 4 is 17.6 Å². The number of pyridine rings is 1. The summed E-state index contributed by atoms with van der Waals surface area (Å²) in [5.74, 6) is 0.235. The van der Waals surface area contributed by atoms with E-state index in [2.05, 4.69) is 9.72 Å². The molecular formula is C25H22ClF2NO3. The maximum atomic E-state index is 12.8. The van der Waals surface area contributed by atoms with E-state index in [4.69, 9.17) is 16.3 Å². The Kier molecular flexibility index (Phi) is 7.00. The number of esters is 1. The molecule has 1 heterocycles. The molecule has 3 aromatic rings. The number of alkyl halides is 2. The molecule has 166 valence electrons. The zero-order valence-electron chi connectivity index (χ0n) is 17.3. The van der Waals surface area contributed by atoms with Crippen LogP contribution in [0.3, 0.4) is 0 Å². The maximum Gasteiger partial charge on any atom is 0.388 e. The van der Waals surface area contributed by atoms with Crippen molar-refractivity contribution in [1.29, 1.82) is 0 Å². The topological polar surface area (TPSA) is 48.4 Å². The quantitative estimate of drug-likeness (QED) is 0.342. The molecule has 0 N–H and O–H groups in total. The molecule has 0 saturated heterocycles. The predicted molar refractivity (Wildman–Crippen MR) is 118 cm³/mol. The van der Waals surface area contributed by atoms with Gasteiger partial charge in [-0.3, -0.25) is 0 Å². The summed E-state index contributed by atoms with van der Waals surface area (Å²) in [5, 5.41) is 0.482. The van der Waals surface area contributed by atoms with Crippen LogP contribution in [0, 0.1) is 5.92 Å². The van der Waals surface area contributed by atoms with E-state index < -0.39 is 6.61 Å². The molecule has 1 fully saturated rings. The van der Waals surface area contributed by atoms with Crippen LogP contribution in [0.5, 0.6) is 5.88 Å². The number of carbonyl (C=O) groups is 1. The van der Waals surface area contributed by atoms with Crippen LogP contribution >= 0.6 is 11.6 Å². The van der Waals surface area contributed by atoms with Crippen LogP contribution in [0.4, 0.5) is 8.78 Å².